The molecule has 5 atom stereocenters. The number of phenols is 1. The van der Waals surface area contributed by atoms with Crippen molar-refractivity contribution in [3.05, 3.63) is 121 Å². The van der Waals surface area contributed by atoms with Gasteiger partial charge in [0.1, 0.15) is 28.7 Å². The molecule has 1 aromatic heterocycles. The molecule has 5 aromatic rings. The number of thiophene rings is 1. The van der Waals surface area contributed by atoms with E-state index in [1.54, 1.807) is 19.9 Å². The highest BCUT2D eigenvalue weighted by Gasteiger charge is 2.68. The van der Waals surface area contributed by atoms with Gasteiger partial charge in [-0.3, -0.25) is 28.8 Å². The molecule has 7 aliphatic rings. The third-order valence-corrected chi connectivity index (χ3v) is 29.3. The standard InChI is InChI=1S/C20H29F3O7S.C18H13S.C17H32O2.C13H22O2.C12H22O2.C10H14O.C5H3F6O3/c1-4-17(2,3)15(24)30-19-8-12-5-13(9-19)7-18(6-12,11-19)16(25)29-14(20(21,22)23)10-31(26,27)28;1-2-8-14(9-3-1)19-17-12-6-4-10-15(17)16-11-5-7-13-18(16)19;1-9-15(3,4)14(18)19-13-10-16(5,6)12(2)17(7,8)11-13;1-5-12(2,3)11(14)15-13(4)9-7-6-8-10-13;1-5-11(2,3)10(13)14-12(4)8-6-7-9-12;1-3-8(2)9-5-4-6-10(11)7-9;1-14-2(12)3(13,4(6,7)8)5(9,10)11/h12-14H,4-11H2,1-3H3,(H,26,27,28);1-13H;12-13H,9-11H2,1-8H3;7,9H,5-6,8,10H2,1-4H3;5-9H2,1-4H3;4-8,11H,3H2,1-2H3;1H3/q;+1;;;;;-1/p-1. The van der Waals surface area contributed by atoms with Gasteiger partial charge in [-0.05, 0) is 286 Å². The first-order valence-corrected chi connectivity index (χ1v) is 45.7. The summed E-state index contributed by atoms with van der Waals surface area (Å²) in [6.07, 6.45) is -0.413. The van der Waals surface area contributed by atoms with Gasteiger partial charge in [-0.25, -0.2) is 8.42 Å². The maximum atomic E-state index is 13.3. The van der Waals surface area contributed by atoms with E-state index < -0.39 is 80.4 Å². The van der Waals surface area contributed by atoms with Crippen LogP contribution < -0.4 is 5.11 Å². The van der Waals surface area contributed by atoms with Crippen LogP contribution in [0.2, 0.25) is 0 Å². The molecule has 1 heterocycles. The van der Waals surface area contributed by atoms with E-state index in [9.17, 15) is 86.4 Å². The molecule has 123 heavy (non-hydrogen) atoms. The fourth-order valence-electron chi connectivity index (χ4n) is 16.4. The third kappa shape index (κ3) is 28.1. The monoisotopic (exact) mass is 1780 g/mol. The molecule has 6 fully saturated rings. The number of phenolic OH excluding ortho intramolecular Hbond substituents is 1. The molecule has 1 N–H and O–H groups in total. The zero-order chi connectivity index (χ0) is 93.6. The fourth-order valence-corrected chi connectivity index (χ4v) is 19.4. The maximum Gasteiger partial charge on any atom is 0.426 e. The summed E-state index contributed by atoms with van der Waals surface area (Å²) < 4.78 is 176. The van der Waals surface area contributed by atoms with Gasteiger partial charge in [0.05, 0.1) is 50.1 Å². The average Bonchev–Trinajstić information content (AvgIpc) is 1.55. The Balaban J connectivity index is 0.000000262. The number of hydrogen-bond donors (Lipinski definition) is 1. The van der Waals surface area contributed by atoms with E-state index >= 15 is 0 Å². The van der Waals surface area contributed by atoms with E-state index in [4.69, 9.17) is 24.1 Å². The van der Waals surface area contributed by atoms with Crippen LogP contribution in [0.25, 0.3) is 25.1 Å². The second-order valence-electron chi connectivity index (χ2n) is 38.8. The molecule has 12 rings (SSSR count). The molecule has 0 saturated heterocycles. The molecule has 6 saturated carbocycles. The van der Waals surface area contributed by atoms with E-state index in [0.717, 1.165) is 77.0 Å². The number of ether oxygens (including phenoxy) is 6. The van der Waals surface area contributed by atoms with E-state index in [-0.39, 0.29) is 98.1 Å². The Hall–Kier alpha value is -7.30. The number of methoxy groups -OCH3 is 1. The zero-order valence-electron chi connectivity index (χ0n) is 76.0. The van der Waals surface area contributed by atoms with Crippen molar-refractivity contribution in [3.8, 4) is 10.6 Å². The van der Waals surface area contributed by atoms with Crippen LogP contribution in [0.1, 0.15) is 285 Å². The minimum atomic E-state index is -6.29. The van der Waals surface area contributed by atoms with Crippen LogP contribution in [0.15, 0.2) is 115 Å². The SMILES string of the molecule is CCC(C)(C)C(=O)OC1(C)C=CCCC1.CCC(C)(C)C(=O)OC1(C)CCCC1.CCC(C)(C)C(=O)OC12CC3CC(C1)CC(C(=O)OC(CS(=O)(=O)[O-])C(F)(F)F)(C3)C2.CCC(C)(C)C(=O)OC1CC(C)(C)C(C)C(C)(C)C1.CCC(C)c1cccc(O)c1.COC(=O)C([O-])(C(F)(F)F)C(F)(F)F.c1ccc(-[s+]2c3ccccc3c3ccccc32)cc1. The summed E-state index contributed by atoms with van der Waals surface area (Å²) >= 11 is 0. The molecule has 5 unspecified atom stereocenters. The predicted molar refractivity (Wildman–Crippen MR) is 458 cm³/mol. The number of benzene rings is 4. The van der Waals surface area contributed by atoms with E-state index in [1.807, 2.05) is 100 Å². The second kappa shape index (κ2) is 41.6. The first-order valence-electron chi connectivity index (χ1n) is 42.9. The van der Waals surface area contributed by atoms with Gasteiger partial charge in [0, 0.05) is 27.7 Å². The van der Waals surface area contributed by atoms with Crippen LogP contribution in [0.3, 0.4) is 0 Å². The molecule has 692 valence electrons. The van der Waals surface area contributed by atoms with Gasteiger partial charge in [0.15, 0.2) is 19.9 Å². The topological polar surface area (TPSA) is 258 Å². The lowest BCUT2D eigenvalue weighted by molar-refractivity contribution is -0.574. The van der Waals surface area contributed by atoms with Gasteiger partial charge in [-0.2, -0.15) is 39.5 Å². The molecular formula is C95H134F9O17S2-. The molecule has 7 aliphatic carbocycles. The minimum absolute atomic E-state index is 0.00100. The van der Waals surface area contributed by atoms with E-state index in [2.05, 4.69) is 150 Å². The van der Waals surface area contributed by atoms with Crippen molar-refractivity contribution in [2.45, 2.75) is 333 Å². The molecule has 17 nitrogen and oxygen atoms in total. The van der Waals surface area contributed by atoms with Crippen molar-refractivity contribution in [1.82, 2.24) is 0 Å². The van der Waals surface area contributed by atoms with Crippen LogP contribution in [-0.2, 0) is 67.3 Å². The van der Waals surface area contributed by atoms with Crippen LogP contribution in [0.5, 0.6) is 5.75 Å². The summed E-state index contributed by atoms with van der Waals surface area (Å²) in [7, 11) is -4.96. The van der Waals surface area contributed by atoms with Crippen molar-refractivity contribution in [2.24, 2.45) is 55.7 Å². The highest BCUT2D eigenvalue weighted by Crippen LogP contribution is 2.64. The summed E-state index contributed by atoms with van der Waals surface area (Å²) in [6.45, 7) is 43.0. The van der Waals surface area contributed by atoms with Crippen LogP contribution >= 0.6 is 10.5 Å². The Kier molecular flexibility index (Phi) is 36.0. The van der Waals surface area contributed by atoms with Crippen LogP contribution in [0, 0.1) is 55.7 Å². The highest BCUT2D eigenvalue weighted by molar-refractivity contribution is 7.85. The third-order valence-electron chi connectivity index (χ3n) is 26.2. The number of halogens is 9. The lowest BCUT2D eigenvalue weighted by atomic mass is 9.48. The summed E-state index contributed by atoms with van der Waals surface area (Å²) in [6, 6.07) is 35.9. The number of aromatic hydroxyl groups is 1. The quantitative estimate of drug-likeness (QED) is 0.0190. The van der Waals surface area contributed by atoms with E-state index in [1.165, 1.54) is 43.5 Å². The Morgan fingerprint density at radius 3 is 1.42 bits per heavy atom. The van der Waals surface area contributed by atoms with Crippen molar-refractivity contribution in [2.75, 3.05) is 12.9 Å². The highest BCUT2D eigenvalue weighted by atomic mass is 32.2. The van der Waals surface area contributed by atoms with Gasteiger partial charge >= 0.3 is 54.3 Å². The number of allylic oxidation sites excluding steroid dienone is 1. The predicted octanol–water partition coefficient (Wildman–Crippen LogP) is 23.9. The number of rotatable bonds is 20. The minimum Gasteiger partial charge on any atom is -0.828 e. The first kappa shape index (κ1) is 106. The largest absolute Gasteiger partial charge is 0.828 e. The van der Waals surface area contributed by atoms with Crippen molar-refractivity contribution in [1.29, 1.82) is 0 Å². The summed E-state index contributed by atoms with van der Waals surface area (Å²) in [5, 5.41) is 22.3. The lowest BCUT2D eigenvalue weighted by Crippen LogP contribution is -2.71. The van der Waals surface area contributed by atoms with Crippen LogP contribution in [0.4, 0.5) is 39.5 Å². The molecule has 4 bridgehead atoms. The normalized spacial score (nSPS) is 23.2. The molecule has 0 aliphatic heterocycles. The maximum absolute atomic E-state index is 13.3. The molecule has 4 aromatic carbocycles. The Labute approximate surface area is 725 Å². The number of fused-ring (bicyclic) bond motifs is 3. The van der Waals surface area contributed by atoms with Gasteiger partial charge in [-0.1, -0.05) is 137 Å². The van der Waals surface area contributed by atoms with E-state index in [0.29, 0.717) is 49.7 Å². The van der Waals surface area contributed by atoms with Gasteiger partial charge in [0.25, 0.3) is 0 Å². The first-order chi connectivity index (χ1) is 56.4. The number of alkyl halides is 9. The Morgan fingerprint density at radius 1 is 0.569 bits per heavy atom. The smallest absolute Gasteiger partial charge is 0.426 e. The second-order valence-corrected chi connectivity index (χ2v) is 42.2. The number of carbonyl (C=O) groups is 6. The van der Waals surface area contributed by atoms with Gasteiger partial charge in [0.2, 0.25) is 6.10 Å². The Morgan fingerprint density at radius 2 is 1.02 bits per heavy atom. The average molecular weight is 1780 g/mol. The summed E-state index contributed by atoms with van der Waals surface area (Å²) in [5.74, 6) is -5.00. The summed E-state index contributed by atoms with van der Waals surface area (Å²) in [4.78, 5) is 73.2. The fraction of sp³-hybridized carbons (Fsp3) is 0.663. The molecule has 28 heteroatoms. The Bertz CT molecular complexity index is 4390. The van der Waals surface area contributed by atoms with Crippen LogP contribution in [-0.4, -0.2) is 120 Å². The van der Waals surface area contributed by atoms with Crippen molar-refractivity contribution < 1.29 is 120 Å². The van der Waals surface area contributed by atoms with Crippen molar-refractivity contribution in [3.63, 3.8) is 0 Å². The molecule has 0 radical (unpaired) electrons. The lowest BCUT2D eigenvalue weighted by Gasteiger charge is -2.60. The van der Waals surface area contributed by atoms with Gasteiger partial charge in [-0.15, -0.1) is 0 Å². The number of hydrogen-bond acceptors (Lipinski definition) is 17. The number of esters is 6. The van der Waals surface area contributed by atoms with Gasteiger partial charge < -0.3 is 43.2 Å². The molecular weight excluding hydrogens is 1650 g/mol. The number of carbonyl (C=O) groups excluding carboxylic acids is 6. The molecule has 0 spiro atoms. The summed E-state index contributed by atoms with van der Waals surface area (Å²) in [5.41, 5.74) is -8.63. The van der Waals surface area contributed by atoms with Crippen molar-refractivity contribution >= 4 is 76.6 Å². The zero-order valence-corrected chi connectivity index (χ0v) is 77.6. The molecule has 0 amide bonds.